The van der Waals surface area contributed by atoms with Crippen molar-refractivity contribution in [1.29, 1.82) is 0 Å². The number of hydrogen-bond donors (Lipinski definition) is 5. The number of esters is 5. The van der Waals surface area contributed by atoms with E-state index < -0.39 is 130 Å². The van der Waals surface area contributed by atoms with E-state index in [1.165, 1.54) is 53.6 Å². The van der Waals surface area contributed by atoms with E-state index in [9.17, 15) is 48.6 Å². The molecule has 3 saturated carbocycles. The third kappa shape index (κ3) is 20.7. The predicted octanol–water partition coefficient (Wildman–Crippen LogP) is 9.99. The number of hydrogen-bond acceptors (Lipinski definition) is 25. The van der Waals surface area contributed by atoms with Crippen LogP contribution in [-0.2, 0) is 87.4 Å². The maximum Gasteiger partial charge on any atom is 0.408 e. The average molecular weight is 1530 g/mol. The lowest BCUT2D eigenvalue weighted by Gasteiger charge is -2.67. The molecule has 5 N–H and O–H groups in total. The molecular formula is C78H107N3O22S3. The summed E-state index contributed by atoms with van der Waals surface area (Å²) < 4.78 is 60.5. The van der Waals surface area contributed by atoms with Gasteiger partial charge in [0.25, 0.3) is 0 Å². The van der Waals surface area contributed by atoms with E-state index in [4.69, 9.17) is 47.4 Å². The van der Waals surface area contributed by atoms with Gasteiger partial charge in [-0.3, -0.25) is 28.8 Å². The van der Waals surface area contributed by atoms with E-state index in [-0.39, 0.29) is 71.1 Å². The van der Waals surface area contributed by atoms with Crippen LogP contribution in [0.4, 0.5) is 9.59 Å². The molecular weight excluding hydrogens is 1430 g/mol. The van der Waals surface area contributed by atoms with Gasteiger partial charge in [-0.25, -0.2) is 19.2 Å². The van der Waals surface area contributed by atoms with Crippen molar-refractivity contribution in [1.82, 2.24) is 16.0 Å². The number of nitrogens with one attached hydrogen (secondary N) is 3. The lowest BCUT2D eigenvalue weighted by atomic mass is 9.44. The Morgan fingerprint density at radius 2 is 1.45 bits per heavy atom. The topological polar surface area (TPSA) is 340 Å². The van der Waals surface area contributed by atoms with Gasteiger partial charge in [0.15, 0.2) is 17.5 Å². The highest BCUT2D eigenvalue weighted by Crippen LogP contribution is 2.65. The number of ether oxygens (including phenoxy) is 10. The quantitative estimate of drug-likeness (QED) is 0.0104. The van der Waals surface area contributed by atoms with Crippen LogP contribution in [0.2, 0.25) is 0 Å². The summed E-state index contributed by atoms with van der Waals surface area (Å²) in [5.74, 6) is -6.45. The number of carbonyl (C=O) groups excluding carboxylic acids is 10. The highest BCUT2D eigenvalue weighted by Gasteiger charge is 2.78. The maximum atomic E-state index is 16.2. The van der Waals surface area contributed by atoms with Gasteiger partial charge in [0, 0.05) is 85.2 Å². The molecule has 0 spiro atoms. The zero-order valence-electron chi connectivity index (χ0n) is 62.8. The van der Waals surface area contributed by atoms with Crippen molar-refractivity contribution < 1.29 is 106 Å². The fraction of sp³-hybridized carbons (Fsp3) is 0.667. The second-order valence-electron chi connectivity index (χ2n) is 30.9. The summed E-state index contributed by atoms with van der Waals surface area (Å²) in [5, 5.41) is 35.8. The SMILES string of the molecule is CC(=O)O[C@@]12CO[C@@H]1C[C@H](O)[C@@]1(C)C(=O)[C@H](OC(=O)C3CC3)C3=C(C)[C@@H](OC(=O)[C@H](OC(=O)Cc4ccccc4SSC(C)CCC(=O)CCCOCCOCCOCCCC(=O)CCCC[C@@H]4SC[C@@H]5NC(=O)N[C@@H]54)[C@H](C=C(C)C)NC(=O)OC(C)(C)C)C[C@@](O)([C@@H](OC(=O)c4ccccc4)[C@H]21)C3(C)C. The predicted molar refractivity (Wildman–Crippen MR) is 395 cm³/mol. The number of urea groups is 1. The van der Waals surface area contributed by atoms with Gasteiger partial charge in [-0.05, 0) is 128 Å². The molecule has 3 heterocycles. The van der Waals surface area contributed by atoms with Gasteiger partial charge in [-0.1, -0.05) is 96.8 Å². The average Bonchev–Trinajstić information content (AvgIpc) is 0.726. The largest absolute Gasteiger partial charge is 0.455 e. The van der Waals surface area contributed by atoms with Gasteiger partial charge in [0.1, 0.15) is 41.1 Å². The lowest BCUT2D eigenvalue weighted by molar-refractivity contribution is -0.346. The molecule has 15 atom stereocenters. The van der Waals surface area contributed by atoms with Crippen molar-refractivity contribution in [3.05, 3.63) is 88.5 Å². The van der Waals surface area contributed by atoms with Crippen LogP contribution in [0.5, 0.6) is 0 Å². The van der Waals surface area contributed by atoms with Crippen LogP contribution in [0.3, 0.4) is 0 Å². The minimum absolute atomic E-state index is 0.00224. The smallest absolute Gasteiger partial charge is 0.408 e. The molecule has 4 aliphatic carbocycles. The maximum absolute atomic E-state index is 16.2. The summed E-state index contributed by atoms with van der Waals surface area (Å²) in [6, 6.07) is 13.8. The molecule has 2 aromatic rings. The molecule has 2 aromatic carbocycles. The number of fused-ring (bicyclic) bond motifs is 6. The van der Waals surface area contributed by atoms with E-state index in [0.29, 0.717) is 119 Å². The van der Waals surface area contributed by atoms with Crippen LogP contribution < -0.4 is 16.0 Å². The Hall–Kier alpha value is -6.37. The summed E-state index contributed by atoms with van der Waals surface area (Å²) in [5.41, 5.74) is -8.01. The molecule has 6 fully saturated rings. The Kier molecular flexibility index (Phi) is 29.1. The van der Waals surface area contributed by atoms with Crippen LogP contribution in [0.15, 0.2) is 82.3 Å². The molecule has 7 aliphatic rings. The Morgan fingerprint density at radius 3 is 2.08 bits per heavy atom. The number of aliphatic hydroxyl groups is 2. The van der Waals surface area contributed by atoms with E-state index in [0.717, 1.165) is 31.9 Å². The fourth-order valence-corrected chi connectivity index (χ4v) is 19.3. The van der Waals surface area contributed by atoms with Crippen LogP contribution >= 0.6 is 33.3 Å². The zero-order chi connectivity index (χ0) is 76.9. The highest BCUT2D eigenvalue weighted by atomic mass is 33.1. The van der Waals surface area contributed by atoms with Crippen molar-refractivity contribution in [2.75, 3.05) is 52.0 Å². The molecule has 584 valence electrons. The van der Waals surface area contributed by atoms with Gasteiger partial charge in [-0.15, -0.1) is 0 Å². The standard InChI is InChI=1S/C78H107N3O22S3/c1-45(2)39-54(80-73(92)103-74(6,7)8)64(99-61(86)40-51-23-15-17-27-57(51)106-105-46(3)29-32-53(84)26-20-34-95-36-38-96-37-35-94-33-19-25-52(83)24-16-18-28-58-63-55(43-104-58)79-72(91)81-63)71(90)98-56-42-78(93)68(101-70(89)49-21-13-12-14-22-49)66-76(11,59(85)41-60-77(66,44-97-60)102-48(5)82)67(87)65(100-69(88)50-30-31-50)62(47(56)4)75(78,9)10/h12-15,17,21-23,27,39,46,50,54-56,58-60,63-66,68,85,93H,16,18-20,24-26,28-38,40-44H2,1-11H3,(H,80,92)(H2,79,81,91)/t46?,54-,55-,56-,58-,59-,60+,63-,64+,65+,66-,68-,76+,77-,78+/m0/s1. The third-order valence-electron chi connectivity index (χ3n) is 21.1. The molecule has 28 heteroatoms. The van der Waals surface area contributed by atoms with Gasteiger partial charge in [-0.2, -0.15) is 11.8 Å². The number of rotatable bonds is 38. The normalized spacial score (nSPS) is 27.8. The van der Waals surface area contributed by atoms with Gasteiger partial charge in [0.05, 0.1) is 86.5 Å². The lowest BCUT2D eigenvalue weighted by Crippen LogP contribution is -2.82. The monoisotopic (exact) mass is 1530 g/mol. The molecule has 0 radical (unpaired) electrons. The van der Waals surface area contributed by atoms with E-state index in [1.807, 2.05) is 30.8 Å². The number of allylic oxidation sites excluding steroid dienone is 1. The Labute approximate surface area is 633 Å². The molecule has 3 amide bonds. The Bertz CT molecular complexity index is 3560. The molecule has 3 aliphatic heterocycles. The molecule has 9 rings (SSSR count). The molecule has 1 unspecified atom stereocenters. The molecule has 25 nitrogen and oxygen atoms in total. The molecule has 3 saturated heterocycles. The number of benzene rings is 2. The van der Waals surface area contributed by atoms with E-state index in [2.05, 4.69) is 16.0 Å². The number of aliphatic hydroxyl groups excluding tert-OH is 1. The number of alkyl carbamates (subject to hydrolysis) is 1. The highest BCUT2D eigenvalue weighted by molar-refractivity contribution is 8.77. The van der Waals surface area contributed by atoms with Crippen molar-refractivity contribution in [2.45, 2.75) is 259 Å². The van der Waals surface area contributed by atoms with Crippen LogP contribution in [0, 0.1) is 22.7 Å². The first-order valence-electron chi connectivity index (χ1n) is 37.1. The second-order valence-corrected chi connectivity index (χ2v) is 34.9. The minimum atomic E-state index is -2.50. The number of ketones is 3. The summed E-state index contributed by atoms with van der Waals surface area (Å²) >= 11 is 1.89. The number of Topliss-reactive ketones (excluding diaryl/α,β-unsaturated/α-hetero) is 3. The fourth-order valence-electron chi connectivity index (χ4n) is 15.3. The van der Waals surface area contributed by atoms with Crippen LogP contribution in [-0.4, -0.2) is 204 Å². The number of unbranched alkanes of at least 4 members (excludes halogenated alkanes) is 1. The first kappa shape index (κ1) is 83.7. The van der Waals surface area contributed by atoms with Gasteiger partial charge >= 0.3 is 42.0 Å². The Morgan fingerprint density at radius 1 is 0.811 bits per heavy atom. The summed E-state index contributed by atoms with van der Waals surface area (Å²) in [7, 11) is 2.92. The molecule has 0 aromatic heterocycles. The molecule has 106 heavy (non-hydrogen) atoms. The van der Waals surface area contributed by atoms with Gasteiger partial charge < -0.3 is 73.5 Å². The number of amides is 3. The summed E-state index contributed by atoms with van der Waals surface area (Å²) in [6.45, 7) is 19.7. The minimum Gasteiger partial charge on any atom is -0.455 e. The Balaban J connectivity index is 0.821. The van der Waals surface area contributed by atoms with E-state index in [1.54, 1.807) is 78.8 Å². The van der Waals surface area contributed by atoms with Gasteiger partial charge in [0.2, 0.25) is 6.10 Å². The summed E-state index contributed by atoms with van der Waals surface area (Å²) in [6.07, 6.45) is -3.54. The third-order valence-corrected chi connectivity index (χ3v) is 25.7. The van der Waals surface area contributed by atoms with E-state index >= 15 is 9.59 Å². The zero-order valence-corrected chi connectivity index (χ0v) is 65.3. The van der Waals surface area contributed by atoms with Crippen LogP contribution in [0.1, 0.15) is 182 Å². The number of thioether (sulfide) groups is 1. The first-order chi connectivity index (χ1) is 50.3. The van der Waals surface area contributed by atoms with Crippen molar-refractivity contribution in [3.63, 3.8) is 0 Å². The second kappa shape index (κ2) is 36.9. The van der Waals surface area contributed by atoms with Crippen molar-refractivity contribution >= 4 is 92.7 Å². The van der Waals surface area contributed by atoms with Crippen LogP contribution in [0.25, 0.3) is 0 Å². The summed E-state index contributed by atoms with van der Waals surface area (Å²) in [4.78, 5) is 140. The first-order valence-corrected chi connectivity index (χ1v) is 40.4. The van der Waals surface area contributed by atoms with Crippen molar-refractivity contribution in [2.24, 2.45) is 22.7 Å². The molecule has 2 bridgehead atoms. The van der Waals surface area contributed by atoms with Crippen molar-refractivity contribution in [3.8, 4) is 0 Å². The number of carbonyl (C=O) groups is 10.